The van der Waals surface area contributed by atoms with Crippen LogP contribution in [0.4, 0.5) is 13.2 Å². The highest BCUT2D eigenvalue weighted by Gasteiger charge is 2.36. The zero-order valence-corrected chi connectivity index (χ0v) is 19.9. The number of aliphatic hydroxyl groups excluding tert-OH is 1. The molecule has 0 radical (unpaired) electrons. The number of amides is 1. The molecule has 1 aliphatic carbocycles. The maximum absolute atomic E-state index is 13.3. The number of carbonyl (C=O) groups excluding carboxylic acids is 2. The van der Waals surface area contributed by atoms with Crippen LogP contribution in [0, 0.1) is 20.8 Å². The van der Waals surface area contributed by atoms with Gasteiger partial charge in [0.05, 0.1) is 11.7 Å². The molecule has 1 amide bonds. The van der Waals surface area contributed by atoms with Gasteiger partial charge in [0.25, 0.3) is 0 Å². The highest BCUT2D eigenvalue weighted by atomic mass is 127. The minimum Gasteiger partial charge on any atom is -0.388 e. The number of hydrogen-bond donors (Lipinski definition) is 3. The lowest BCUT2D eigenvalue weighted by molar-refractivity contribution is -0.138. The smallest absolute Gasteiger partial charge is 0.388 e. The summed E-state index contributed by atoms with van der Waals surface area (Å²) in [5.41, 5.74) is 5.53. The molecule has 2 aromatic carbocycles. The van der Waals surface area contributed by atoms with Gasteiger partial charge in [-0.25, -0.2) is 0 Å². The monoisotopic (exact) mass is 570 g/mol. The van der Waals surface area contributed by atoms with Gasteiger partial charge >= 0.3 is 6.18 Å². The molecule has 1 aliphatic rings. The van der Waals surface area contributed by atoms with Gasteiger partial charge in [0.1, 0.15) is 5.71 Å². The third-order valence-corrected chi connectivity index (χ3v) is 7.25. The van der Waals surface area contributed by atoms with E-state index >= 15 is 0 Å². The maximum Gasteiger partial charge on any atom is 0.417 e. The van der Waals surface area contributed by atoms with Crippen molar-refractivity contribution < 1.29 is 27.9 Å². The Balaban J connectivity index is 1.96. The lowest BCUT2D eigenvalue weighted by Gasteiger charge is -2.30. The van der Waals surface area contributed by atoms with Crippen LogP contribution in [0.15, 0.2) is 42.5 Å². The van der Waals surface area contributed by atoms with Crippen LogP contribution in [0.2, 0.25) is 0 Å². The molecule has 2 aromatic rings. The molecule has 0 aromatic heterocycles. The number of fused-ring (bicyclic) bond motifs is 1. The van der Waals surface area contributed by atoms with E-state index in [-0.39, 0.29) is 20.4 Å². The summed E-state index contributed by atoms with van der Waals surface area (Å²) in [4.78, 5) is 24.7. The quantitative estimate of drug-likeness (QED) is 0.342. The Morgan fingerprint density at radius 2 is 1.79 bits per heavy atom. The van der Waals surface area contributed by atoms with E-state index in [4.69, 9.17) is 11.1 Å². The zero-order valence-electron chi connectivity index (χ0n) is 17.8. The van der Waals surface area contributed by atoms with Gasteiger partial charge in [0, 0.05) is 26.9 Å². The van der Waals surface area contributed by atoms with E-state index in [1.165, 1.54) is 19.1 Å². The van der Waals surface area contributed by atoms with Crippen molar-refractivity contribution in [3.8, 4) is 0 Å². The molecule has 3 rings (SSSR count). The number of nitrogens with two attached hydrogens (primary N) is 1. The van der Waals surface area contributed by atoms with Crippen LogP contribution < -0.4 is 5.73 Å². The number of hydrogen-bond acceptors (Lipinski definition) is 4. The molecule has 0 heterocycles. The van der Waals surface area contributed by atoms with Crippen molar-refractivity contribution in [3.05, 3.63) is 73.9 Å². The van der Waals surface area contributed by atoms with E-state index in [2.05, 4.69) is 0 Å². The second kappa shape index (κ2) is 9.38. The van der Waals surface area contributed by atoms with Gasteiger partial charge in [0.2, 0.25) is 5.91 Å². The SMILES string of the molecule is CC(C(=O)C(=N)c1cccc2c1C=CC([C@H](C)C(N)=O)C2O)c1cccc(C(F)(F)F)c1I. The van der Waals surface area contributed by atoms with Crippen molar-refractivity contribution in [2.75, 3.05) is 0 Å². The van der Waals surface area contributed by atoms with E-state index in [0.717, 1.165) is 6.07 Å². The fourth-order valence-corrected chi connectivity index (χ4v) is 5.12. The molecular weight excluding hydrogens is 548 g/mol. The molecule has 4 N–H and O–H groups in total. The zero-order chi connectivity index (χ0) is 24.7. The van der Waals surface area contributed by atoms with Gasteiger partial charge in [-0.1, -0.05) is 56.3 Å². The molecule has 4 atom stereocenters. The van der Waals surface area contributed by atoms with Gasteiger partial charge in [-0.3, -0.25) is 15.0 Å². The molecule has 0 fully saturated rings. The van der Waals surface area contributed by atoms with Crippen LogP contribution in [-0.2, 0) is 15.8 Å². The Kier molecular flexibility index (Phi) is 7.13. The number of primary amides is 1. The summed E-state index contributed by atoms with van der Waals surface area (Å²) in [5.74, 6) is -3.37. The Bertz CT molecular complexity index is 1160. The third kappa shape index (κ3) is 4.74. The van der Waals surface area contributed by atoms with Crippen molar-refractivity contribution in [3.63, 3.8) is 0 Å². The van der Waals surface area contributed by atoms with Crippen molar-refractivity contribution in [1.29, 1.82) is 5.41 Å². The van der Waals surface area contributed by atoms with Crippen molar-refractivity contribution >= 4 is 46.1 Å². The Morgan fingerprint density at radius 3 is 2.39 bits per heavy atom. The van der Waals surface area contributed by atoms with Crippen LogP contribution in [0.25, 0.3) is 6.08 Å². The minimum atomic E-state index is -4.55. The summed E-state index contributed by atoms with van der Waals surface area (Å²) in [6, 6.07) is 8.44. The van der Waals surface area contributed by atoms with Crippen LogP contribution in [0.1, 0.15) is 53.7 Å². The maximum atomic E-state index is 13.3. The number of rotatable bonds is 6. The fraction of sp³-hybridized carbons (Fsp3) is 0.292. The predicted molar refractivity (Wildman–Crippen MR) is 127 cm³/mol. The van der Waals surface area contributed by atoms with Gasteiger partial charge < -0.3 is 10.8 Å². The topological polar surface area (TPSA) is 104 Å². The molecule has 0 aliphatic heterocycles. The predicted octanol–water partition coefficient (Wildman–Crippen LogP) is 4.85. The van der Waals surface area contributed by atoms with Crippen molar-refractivity contribution in [2.24, 2.45) is 17.6 Å². The highest BCUT2D eigenvalue weighted by molar-refractivity contribution is 14.1. The van der Waals surface area contributed by atoms with Gasteiger partial charge in [0.15, 0.2) is 5.78 Å². The first kappa shape index (κ1) is 25.1. The largest absolute Gasteiger partial charge is 0.417 e. The molecule has 0 saturated heterocycles. The number of carbonyl (C=O) groups is 2. The van der Waals surface area contributed by atoms with E-state index < -0.39 is 47.3 Å². The fourth-order valence-electron chi connectivity index (χ4n) is 3.99. The van der Waals surface area contributed by atoms with E-state index in [1.54, 1.807) is 59.9 Å². The van der Waals surface area contributed by atoms with Gasteiger partial charge in [-0.15, -0.1) is 0 Å². The number of ketones is 1. The molecule has 9 heteroatoms. The molecule has 5 nitrogen and oxygen atoms in total. The second-order valence-corrected chi connectivity index (χ2v) is 9.13. The second-order valence-electron chi connectivity index (χ2n) is 8.05. The lowest BCUT2D eigenvalue weighted by atomic mass is 9.77. The number of nitrogens with one attached hydrogen (secondary N) is 1. The lowest BCUT2D eigenvalue weighted by Crippen LogP contribution is -2.32. The normalized spacial score (nSPS) is 19.5. The first-order valence-electron chi connectivity index (χ1n) is 10.1. The number of aliphatic hydroxyl groups is 1. The van der Waals surface area contributed by atoms with Crippen LogP contribution in [-0.4, -0.2) is 22.5 Å². The Labute approximate surface area is 202 Å². The molecule has 174 valence electrons. The van der Waals surface area contributed by atoms with Crippen LogP contribution in [0.3, 0.4) is 0 Å². The Hall–Kier alpha value is -2.53. The first-order valence-corrected chi connectivity index (χ1v) is 11.2. The average molecular weight is 570 g/mol. The summed E-state index contributed by atoms with van der Waals surface area (Å²) >= 11 is 1.58. The molecule has 0 spiro atoms. The van der Waals surface area contributed by atoms with Crippen LogP contribution >= 0.6 is 22.6 Å². The third-order valence-electron chi connectivity index (χ3n) is 6.04. The van der Waals surface area contributed by atoms with Crippen molar-refractivity contribution in [2.45, 2.75) is 32.0 Å². The molecule has 0 bridgehead atoms. The highest BCUT2D eigenvalue weighted by Crippen LogP contribution is 2.39. The minimum absolute atomic E-state index is 0.0788. The molecular formula is C24H22F3IN2O3. The summed E-state index contributed by atoms with van der Waals surface area (Å²) in [6.45, 7) is 3.08. The number of benzene rings is 2. The molecule has 0 saturated carbocycles. The van der Waals surface area contributed by atoms with E-state index in [9.17, 15) is 27.9 Å². The summed E-state index contributed by atoms with van der Waals surface area (Å²) in [6.07, 6.45) is -2.34. The Morgan fingerprint density at radius 1 is 1.15 bits per heavy atom. The molecule has 33 heavy (non-hydrogen) atoms. The summed E-state index contributed by atoms with van der Waals surface area (Å²) < 4.78 is 39.8. The number of halogens is 4. The van der Waals surface area contributed by atoms with Crippen molar-refractivity contribution in [1.82, 2.24) is 0 Å². The van der Waals surface area contributed by atoms with Crippen LogP contribution in [0.5, 0.6) is 0 Å². The molecule has 3 unspecified atom stereocenters. The van der Waals surface area contributed by atoms with Gasteiger partial charge in [-0.05, 0) is 45.3 Å². The van der Waals surface area contributed by atoms with Gasteiger partial charge in [-0.2, -0.15) is 13.2 Å². The average Bonchev–Trinajstić information content (AvgIpc) is 2.76. The number of alkyl halides is 3. The number of Topliss-reactive ketones (excluding diaryl/α,β-unsaturated/α-hetero) is 1. The summed E-state index contributed by atoms with van der Waals surface area (Å²) in [5, 5.41) is 19.3. The standard InChI is InChI=1S/C24H22F3IN2O3/c1-11(13-5-4-8-18(19(13)28)24(25,26)27)21(31)20(29)16-6-3-7-17-15(16)10-9-14(22(17)32)12(2)23(30)33/h3-12,14,22,29,32H,1-2H3,(H2,30,33)/t11?,12-,14?,22?/m0/s1. The van der Waals surface area contributed by atoms with E-state index in [1.807, 2.05) is 0 Å². The van der Waals surface area contributed by atoms with E-state index in [0.29, 0.717) is 11.1 Å². The summed E-state index contributed by atoms with van der Waals surface area (Å²) in [7, 11) is 0. The first-order chi connectivity index (χ1) is 15.4.